The molecule has 0 saturated heterocycles. The number of hydrogen-bond acceptors (Lipinski definition) is 2. The SMILES string of the molecule is O=C(/C=C/c1ccc(-c2cccc(C(F)(F)F)c2)o1)c1ccccc1. The fraction of sp³-hybridized carbons (Fsp3) is 0.0500. The molecule has 126 valence electrons. The molecule has 5 heteroatoms. The van der Waals surface area contributed by atoms with E-state index in [1.54, 1.807) is 36.4 Å². The first kappa shape index (κ1) is 16.8. The molecule has 0 unspecified atom stereocenters. The van der Waals surface area contributed by atoms with Gasteiger partial charge in [0.1, 0.15) is 11.5 Å². The molecule has 0 saturated carbocycles. The fourth-order valence-electron chi connectivity index (χ4n) is 2.30. The summed E-state index contributed by atoms with van der Waals surface area (Å²) in [5.41, 5.74) is 0.130. The van der Waals surface area contributed by atoms with Crippen molar-refractivity contribution in [3.8, 4) is 11.3 Å². The van der Waals surface area contributed by atoms with Crippen LogP contribution in [0.25, 0.3) is 17.4 Å². The highest BCUT2D eigenvalue weighted by Crippen LogP contribution is 2.32. The number of carbonyl (C=O) groups excluding carboxylic acids is 1. The Labute approximate surface area is 142 Å². The molecule has 1 aromatic heterocycles. The number of hydrogen-bond donors (Lipinski definition) is 0. The molecule has 25 heavy (non-hydrogen) atoms. The lowest BCUT2D eigenvalue weighted by Crippen LogP contribution is -2.04. The zero-order valence-corrected chi connectivity index (χ0v) is 13.0. The Balaban J connectivity index is 1.79. The Kier molecular flexibility index (Phi) is 4.57. The third kappa shape index (κ3) is 4.07. The van der Waals surface area contributed by atoms with E-state index in [0.29, 0.717) is 22.6 Å². The van der Waals surface area contributed by atoms with Crippen molar-refractivity contribution in [1.82, 2.24) is 0 Å². The lowest BCUT2D eigenvalue weighted by atomic mass is 10.1. The summed E-state index contributed by atoms with van der Waals surface area (Å²) in [6.07, 6.45) is -1.55. The predicted octanol–water partition coefficient (Wildman–Crippen LogP) is 5.86. The van der Waals surface area contributed by atoms with Gasteiger partial charge in [-0.1, -0.05) is 42.5 Å². The van der Waals surface area contributed by atoms with E-state index in [1.165, 1.54) is 24.3 Å². The van der Waals surface area contributed by atoms with Gasteiger partial charge in [0, 0.05) is 11.1 Å². The van der Waals surface area contributed by atoms with Gasteiger partial charge in [0.05, 0.1) is 5.56 Å². The quantitative estimate of drug-likeness (QED) is 0.439. The number of benzene rings is 2. The zero-order valence-electron chi connectivity index (χ0n) is 13.0. The summed E-state index contributed by atoms with van der Waals surface area (Å²) in [5.74, 6) is 0.507. The first-order valence-electron chi connectivity index (χ1n) is 7.48. The molecule has 0 bridgehead atoms. The molecule has 2 nitrogen and oxygen atoms in total. The van der Waals surface area contributed by atoms with Crippen LogP contribution < -0.4 is 0 Å². The Morgan fingerprint density at radius 3 is 2.40 bits per heavy atom. The van der Waals surface area contributed by atoms with Gasteiger partial charge in [0.15, 0.2) is 5.78 Å². The Morgan fingerprint density at radius 2 is 1.68 bits per heavy atom. The van der Waals surface area contributed by atoms with E-state index in [1.807, 2.05) is 6.07 Å². The van der Waals surface area contributed by atoms with Crippen LogP contribution in [0.3, 0.4) is 0 Å². The topological polar surface area (TPSA) is 30.2 Å². The van der Waals surface area contributed by atoms with E-state index in [4.69, 9.17) is 4.42 Å². The van der Waals surface area contributed by atoms with Crippen LogP contribution in [0, 0.1) is 0 Å². The number of allylic oxidation sites excluding steroid dienone is 1. The van der Waals surface area contributed by atoms with Gasteiger partial charge in [0.2, 0.25) is 0 Å². The molecular formula is C20H13F3O2. The highest BCUT2D eigenvalue weighted by Gasteiger charge is 2.30. The average molecular weight is 342 g/mol. The first-order valence-corrected chi connectivity index (χ1v) is 7.48. The summed E-state index contributed by atoms with van der Waals surface area (Å²) in [6, 6.07) is 16.8. The molecule has 0 N–H and O–H groups in total. The van der Waals surface area contributed by atoms with Gasteiger partial charge in [-0.25, -0.2) is 0 Å². The van der Waals surface area contributed by atoms with Gasteiger partial charge in [-0.3, -0.25) is 4.79 Å². The molecule has 0 fully saturated rings. The van der Waals surface area contributed by atoms with Crippen LogP contribution in [0.1, 0.15) is 21.7 Å². The summed E-state index contributed by atoms with van der Waals surface area (Å²) in [5, 5.41) is 0. The maximum Gasteiger partial charge on any atom is 0.416 e. The van der Waals surface area contributed by atoms with Crippen LogP contribution >= 0.6 is 0 Å². The molecule has 0 aliphatic carbocycles. The summed E-state index contributed by atoms with van der Waals surface area (Å²) >= 11 is 0. The fourth-order valence-corrected chi connectivity index (χ4v) is 2.30. The summed E-state index contributed by atoms with van der Waals surface area (Å²) in [7, 11) is 0. The lowest BCUT2D eigenvalue weighted by Gasteiger charge is -2.07. The second-order valence-corrected chi connectivity index (χ2v) is 5.34. The van der Waals surface area contributed by atoms with Crippen molar-refractivity contribution in [2.45, 2.75) is 6.18 Å². The van der Waals surface area contributed by atoms with Crippen LogP contribution in [0.15, 0.2) is 77.2 Å². The number of carbonyl (C=O) groups is 1. The van der Waals surface area contributed by atoms with Crippen LogP contribution in [-0.4, -0.2) is 5.78 Å². The number of furan rings is 1. The standard InChI is InChI=1S/C20H13F3O2/c21-20(22,23)16-8-4-7-15(13-16)19-12-10-17(25-19)9-11-18(24)14-5-2-1-3-6-14/h1-13H/b11-9+. The lowest BCUT2D eigenvalue weighted by molar-refractivity contribution is -0.137. The van der Waals surface area contributed by atoms with Crippen LogP contribution in [-0.2, 0) is 6.18 Å². The van der Waals surface area contributed by atoms with E-state index in [-0.39, 0.29) is 5.78 Å². The van der Waals surface area contributed by atoms with Gasteiger partial charge in [-0.05, 0) is 36.4 Å². The van der Waals surface area contributed by atoms with Gasteiger partial charge >= 0.3 is 6.18 Å². The van der Waals surface area contributed by atoms with Crippen molar-refractivity contribution in [1.29, 1.82) is 0 Å². The predicted molar refractivity (Wildman–Crippen MR) is 89.0 cm³/mol. The minimum absolute atomic E-state index is 0.183. The van der Waals surface area contributed by atoms with Crippen molar-refractivity contribution >= 4 is 11.9 Å². The van der Waals surface area contributed by atoms with Gasteiger partial charge < -0.3 is 4.42 Å². The highest BCUT2D eigenvalue weighted by atomic mass is 19.4. The monoisotopic (exact) mass is 342 g/mol. The summed E-state index contributed by atoms with van der Waals surface area (Å²) in [4.78, 5) is 12.0. The second-order valence-electron chi connectivity index (χ2n) is 5.34. The van der Waals surface area contributed by atoms with E-state index < -0.39 is 11.7 Å². The molecule has 0 aliphatic rings. The van der Waals surface area contributed by atoms with Crippen LogP contribution in [0.5, 0.6) is 0 Å². The minimum Gasteiger partial charge on any atom is -0.457 e. The molecule has 1 heterocycles. The normalized spacial score (nSPS) is 11.8. The third-order valence-electron chi connectivity index (χ3n) is 3.56. The molecule has 0 spiro atoms. The van der Waals surface area contributed by atoms with Gasteiger partial charge in [-0.15, -0.1) is 0 Å². The minimum atomic E-state index is -4.41. The van der Waals surface area contributed by atoms with Crippen molar-refractivity contribution in [2.24, 2.45) is 0 Å². The summed E-state index contributed by atoms with van der Waals surface area (Å²) in [6.45, 7) is 0. The molecule has 0 radical (unpaired) electrons. The molecule has 3 aromatic rings. The largest absolute Gasteiger partial charge is 0.457 e. The Hall–Kier alpha value is -3.08. The third-order valence-corrected chi connectivity index (χ3v) is 3.56. The number of halogens is 3. The molecular weight excluding hydrogens is 329 g/mol. The van der Waals surface area contributed by atoms with Crippen molar-refractivity contribution in [3.63, 3.8) is 0 Å². The summed E-state index contributed by atoms with van der Waals surface area (Å²) < 4.78 is 43.9. The van der Waals surface area contributed by atoms with Gasteiger partial charge in [0.25, 0.3) is 0 Å². The van der Waals surface area contributed by atoms with Crippen molar-refractivity contribution in [3.05, 3.63) is 89.7 Å². The molecule has 3 rings (SSSR count). The average Bonchev–Trinajstić information content (AvgIpc) is 3.09. The maximum absolute atomic E-state index is 12.8. The Bertz CT molecular complexity index is 906. The second kappa shape index (κ2) is 6.81. The van der Waals surface area contributed by atoms with E-state index >= 15 is 0 Å². The van der Waals surface area contributed by atoms with Crippen molar-refractivity contribution < 1.29 is 22.4 Å². The van der Waals surface area contributed by atoms with E-state index in [0.717, 1.165) is 12.1 Å². The first-order chi connectivity index (χ1) is 11.9. The highest BCUT2D eigenvalue weighted by molar-refractivity contribution is 6.06. The van der Waals surface area contributed by atoms with E-state index in [9.17, 15) is 18.0 Å². The molecule has 2 aromatic carbocycles. The number of ketones is 1. The molecule has 0 aliphatic heterocycles. The maximum atomic E-state index is 12.8. The Morgan fingerprint density at radius 1 is 0.920 bits per heavy atom. The molecule has 0 atom stereocenters. The van der Waals surface area contributed by atoms with E-state index in [2.05, 4.69) is 0 Å². The van der Waals surface area contributed by atoms with Crippen molar-refractivity contribution in [2.75, 3.05) is 0 Å². The van der Waals surface area contributed by atoms with Crippen LogP contribution in [0.4, 0.5) is 13.2 Å². The zero-order chi connectivity index (χ0) is 17.9. The number of alkyl halides is 3. The van der Waals surface area contributed by atoms with Gasteiger partial charge in [-0.2, -0.15) is 13.2 Å². The number of rotatable bonds is 4. The van der Waals surface area contributed by atoms with Crippen LogP contribution in [0.2, 0.25) is 0 Å². The molecule has 0 amide bonds. The smallest absolute Gasteiger partial charge is 0.416 e.